The first-order valence-electron chi connectivity index (χ1n) is 8.10. The first kappa shape index (κ1) is 20.0. The van der Waals surface area contributed by atoms with Crippen molar-refractivity contribution < 1.29 is 9.53 Å². The number of hydrogen-bond acceptors (Lipinski definition) is 4. The van der Waals surface area contributed by atoms with Gasteiger partial charge in [0, 0.05) is 22.8 Å². The molecule has 0 aliphatic carbocycles. The van der Waals surface area contributed by atoms with E-state index in [2.05, 4.69) is 43.5 Å². The van der Waals surface area contributed by atoms with Gasteiger partial charge in [0.05, 0.1) is 5.54 Å². The molecule has 0 aromatic carbocycles. The molecule has 0 spiro atoms. The zero-order valence-electron chi connectivity index (χ0n) is 15.8. The van der Waals surface area contributed by atoms with E-state index >= 15 is 0 Å². The molecule has 0 aliphatic heterocycles. The van der Waals surface area contributed by atoms with Crippen molar-refractivity contribution in [3.05, 3.63) is 21.9 Å². The minimum atomic E-state index is -0.478. The molecule has 0 saturated heterocycles. The van der Waals surface area contributed by atoms with Crippen LogP contribution in [0.4, 0.5) is 4.79 Å². The average molecular weight is 341 g/mol. The van der Waals surface area contributed by atoms with Gasteiger partial charge in [-0.1, -0.05) is 20.8 Å². The number of carbonyl (C=O) groups is 1. The van der Waals surface area contributed by atoms with E-state index in [0.717, 1.165) is 6.54 Å². The number of hydrogen-bond donors (Lipinski definition) is 2. The third-order valence-electron chi connectivity index (χ3n) is 3.11. The molecular formula is C18H32N2O2S. The van der Waals surface area contributed by atoms with Gasteiger partial charge in [-0.25, -0.2) is 4.79 Å². The van der Waals surface area contributed by atoms with Gasteiger partial charge >= 0.3 is 6.09 Å². The van der Waals surface area contributed by atoms with Crippen molar-refractivity contribution in [1.82, 2.24) is 10.6 Å². The molecule has 1 rings (SSSR count). The second kappa shape index (κ2) is 7.22. The fourth-order valence-electron chi connectivity index (χ4n) is 2.00. The summed E-state index contributed by atoms with van der Waals surface area (Å²) in [6.07, 6.45) is -0.379. The van der Waals surface area contributed by atoms with Crippen LogP contribution in [0.15, 0.2) is 12.1 Å². The normalized spacial score (nSPS) is 13.0. The van der Waals surface area contributed by atoms with Crippen molar-refractivity contribution in [1.29, 1.82) is 0 Å². The van der Waals surface area contributed by atoms with Crippen LogP contribution in [0.5, 0.6) is 0 Å². The monoisotopic (exact) mass is 340 g/mol. The first-order valence-corrected chi connectivity index (χ1v) is 8.91. The van der Waals surface area contributed by atoms with Gasteiger partial charge in [0.1, 0.15) is 5.60 Å². The lowest BCUT2D eigenvalue weighted by molar-refractivity contribution is 0.0472. The molecule has 132 valence electrons. The fourth-order valence-corrected chi connectivity index (χ4v) is 3.03. The molecule has 0 saturated carbocycles. The lowest BCUT2D eigenvalue weighted by Crippen LogP contribution is -2.51. The maximum absolute atomic E-state index is 11.9. The van der Waals surface area contributed by atoms with E-state index in [1.54, 1.807) is 0 Å². The molecule has 1 heterocycles. The second-order valence-electron chi connectivity index (χ2n) is 8.63. The third kappa shape index (κ3) is 7.84. The molecule has 0 aliphatic rings. The molecule has 0 unspecified atom stereocenters. The maximum atomic E-state index is 11.9. The van der Waals surface area contributed by atoms with Gasteiger partial charge in [0.25, 0.3) is 0 Å². The highest BCUT2D eigenvalue weighted by atomic mass is 32.1. The summed E-state index contributed by atoms with van der Waals surface area (Å²) in [4.78, 5) is 14.6. The fraction of sp³-hybridized carbons (Fsp3) is 0.722. The summed E-state index contributed by atoms with van der Waals surface area (Å²) in [5.74, 6) is 0. The van der Waals surface area contributed by atoms with Crippen LogP contribution in [0, 0.1) is 0 Å². The Morgan fingerprint density at radius 2 is 1.70 bits per heavy atom. The Kier molecular flexibility index (Phi) is 6.27. The lowest BCUT2D eigenvalue weighted by Gasteiger charge is -2.28. The Hall–Kier alpha value is -1.07. The van der Waals surface area contributed by atoms with Crippen LogP contribution in [0.1, 0.15) is 65.1 Å². The van der Waals surface area contributed by atoms with Crippen LogP contribution < -0.4 is 10.6 Å². The SMILES string of the molecule is CC(C)(CNCc1ccc(C(C)(C)C)s1)NC(=O)OC(C)(C)C. The standard InChI is InChI=1S/C18H32N2O2S/c1-16(2,3)14-10-9-13(23-14)11-19-12-18(7,8)20-15(21)22-17(4,5)6/h9-10,19H,11-12H2,1-8H3,(H,20,21). The minimum absolute atomic E-state index is 0.195. The van der Waals surface area contributed by atoms with E-state index in [-0.39, 0.29) is 17.0 Å². The van der Waals surface area contributed by atoms with E-state index in [1.165, 1.54) is 9.75 Å². The predicted octanol–water partition coefficient (Wildman–Crippen LogP) is 4.44. The molecular weight excluding hydrogens is 308 g/mol. The van der Waals surface area contributed by atoms with E-state index in [1.807, 2.05) is 46.0 Å². The first-order chi connectivity index (χ1) is 10.3. The molecule has 0 fully saturated rings. The average Bonchev–Trinajstić information content (AvgIpc) is 2.72. The van der Waals surface area contributed by atoms with Crippen LogP contribution in [0.3, 0.4) is 0 Å². The second-order valence-corrected chi connectivity index (χ2v) is 9.80. The van der Waals surface area contributed by atoms with Gasteiger partial charge in [0.15, 0.2) is 0 Å². The maximum Gasteiger partial charge on any atom is 0.408 e. The van der Waals surface area contributed by atoms with Gasteiger partial charge in [-0.3, -0.25) is 0 Å². The summed E-state index contributed by atoms with van der Waals surface area (Å²) in [5.41, 5.74) is -0.652. The summed E-state index contributed by atoms with van der Waals surface area (Å²) in [7, 11) is 0. The minimum Gasteiger partial charge on any atom is -0.444 e. The van der Waals surface area contributed by atoms with Crippen molar-refractivity contribution >= 4 is 17.4 Å². The van der Waals surface area contributed by atoms with Gasteiger partial charge in [-0.15, -0.1) is 11.3 Å². The molecule has 1 aromatic rings. The highest BCUT2D eigenvalue weighted by molar-refractivity contribution is 7.12. The number of rotatable bonds is 5. The molecule has 1 aromatic heterocycles. The molecule has 4 nitrogen and oxygen atoms in total. The van der Waals surface area contributed by atoms with Crippen LogP contribution >= 0.6 is 11.3 Å². The predicted molar refractivity (Wildman–Crippen MR) is 98.2 cm³/mol. The smallest absolute Gasteiger partial charge is 0.408 e. The van der Waals surface area contributed by atoms with Crippen molar-refractivity contribution in [2.24, 2.45) is 0 Å². The summed E-state index contributed by atoms with van der Waals surface area (Å²) in [5, 5.41) is 6.32. The van der Waals surface area contributed by atoms with Crippen molar-refractivity contribution in [2.75, 3.05) is 6.54 Å². The van der Waals surface area contributed by atoms with Crippen LogP contribution in [-0.4, -0.2) is 23.8 Å². The molecule has 23 heavy (non-hydrogen) atoms. The van der Waals surface area contributed by atoms with E-state index in [4.69, 9.17) is 4.74 Å². The highest BCUT2D eigenvalue weighted by Gasteiger charge is 2.24. The Morgan fingerprint density at radius 1 is 1.09 bits per heavy atom. The molecule has 1 amide bonds. The number of thiophene rings is 1. The number of amides is 1. The molecule has 0 radical (unpaired) electrons. The van der Waals surface area contributed by atoms with Crippen molar-refractivity contribution in [3.63, 3.8) is 0 Å². The van der Waals surface area contributed by atoms with E-state index in [9.17, 15) is 4.79 Å². The van der Waals surface area contributed by atoms with Crippen molar-refractivity contribution in [3.8, 4) is 0 Å². The van der Waals surface area contributed by atoms with Gasteiger partial charge < -0.3 is 15.4 Å². The summed E-state index contributed by atoms with van der Waals surface area (Å²) >= 11 is 1.84. The van der Waals surface area contributed by atoms with E-state index in [0.29, 0.717) is 6.54 Å². The van der Waals surface area contributed by atoms with Gasteiger partial charge in [0.2, 0.25) is 0 Å². The molecule has 5 heteroatoms. The third-order valence-corrected chi connectivity index (χ3v) is 4.62. The quantitative estimate of drug-likeness (QED) is 0.833. The molecule has 0 bridgehead atoms. The highest BCUT2D eigenvalue weighted by Crippen LogP contribution is 2.29. The zero-order valence-corrected chi connectivity index (χ0v) is 16.6. The number of nitrogens with one attached hydrogen (secondary N) is 2. The van der Waals surface area contributed by atoms with Gasteiger partial charge in [-0.05, 0) is 52.2 Å². The Balaban J connectivity index is 2.44. The summed E-state index contributed by atoms with van der Waals surface area (Å²) < 4.78 is 5.30. The Labute approximate surface area is 145 Å². The zero-order chi connectivity index (χ0) is 17.9. The Morgan fingerprint density at radius 3 is 2.17 bits per heavy atom. The van der Waals surface area contributed by atoms with Crippen molar-refractivity contribution in [2.45, 2.75) is 78.5 Å². The summed E-state index contributed by atoms with van der Waals surface area (Å²) in [6, 6.07) is 4.37. The number of ether oxygens (including phenoxy) is 1. The summed E-state index contributed by atoms with van der Waals surface area (Å²) in [6.45, 7) is 17.7. The largest absolute Gasteiger partial charge is 0.444 e. The number of carbonyl (C=O) groups excluding carboxylic acids is 1. The lowest BCUT2D eigenvalue weighted by atomic mass is 9.95. The molecule has 0 atom stereocenters. The van der Waals surface area contributed by atoms with Crippen LogP contribution in [0.2, 0.25) is 0 Å². The van der Waals surface area contributed by atoms with Crippen LogP contribution in [-0.2, 0) is 16.7 Å². The van der Waals surface area contributed by atoms with Gasteiger partial charge in [-0.2, -0.15) is 0 Å². The van der Waals surface area contributed by atoms with Crippen LogP contribution in [0.25, 0.3) is 0 Å². The topological polar surface area (TPSA) is 50.4 Å². The Bertz CT molecular complexity index is 522. The van der Waals surface area contributed by atoms with E-state index < -0.39 is 5.60 Å². The molecule has 2 N–H and O–H groups in total. The number of alkyl carbamates (subject to hydrolysis) is 1.